The lowest BCUT2D eigenvalue weighted by atomic mass is 10.1. The molecule has 1 rings (SSSR count). The maximum absolute atomic E-state index is 10.5. The highest BCUT2D eigenvalue weighted by Crippen LogP contribution is 2.29. The summed E-state index contributed by atoms with van der Waals surface area (Å²) >= 11 is 8.79. The molecule has 0 aliphatic carbocycles. The smallest absolute Gasteiger partial charge is 0.270 e. The molecule has 0 aliphatic rings. The summed E-state index contributed by atoms with van der Waals surface area (Å²) in [5, 5.41) is 29.7. The van der Waals surface area contributed by atoms with Crippen LogP contribution in [0.5, 0.6) is 0 Å². The molecule has 0 radical (unpaired) electrons. The third-order valence-corrected chi connectivity index (χ3v) is 3.03. The molecule has 0 spiro atoms. The Morgan fingerprint density at radius 1 is 1.50 bits per heavy atom. The lowest BCUT2D eigenvalue weighted by Gasteiger charge is -2.16. The summed E-state index contributed by atoms with van der Waals surface area (Å²) < 4.78 is 0. The number of aliphatic hydroxyl groups excluding tert-OH is 2. The summed E-state index contributed by atoms with van der Waals surface area (Å²) in [5.41, 5.74) is 0.105. The zero-order valence-corrected chi connectivity index (χ0v) is 10.3. The van der Waals surface area contributed by atoms with Crippen LogP contribution in [0.3, 0.4) is 0 Å². The second kappa shape index (κ2) is 5.58. The highest BCUT2D eigenvalue weighted by molar-refractivity contribution is 9.09. The van der Waals surface area contributed by atoms with E-state index in [4.69, 9.17) is 11.6 Å². The minimum absolute atomic E-state index is 0.0571. The predicted molar refractivity (Wildman–Crippen MR) is 62.9 cm³/mol. The lowest BCUT2D eigenvalue weighted by molar-refractivity contribution is -0.384. The molecule has 0 saturated heterocycles. The number of nitro groups is 1. The van der Waals surface area contributed by atoms with Crippen molar-refractivity contribution in [1.82, 2.24) is 0 Å². The van der Waals surface area contributed by atoms with Gasteiger partial charge in [-0.05, 0) is 6.07 Å². The van der Waals surface area contributed by atoms with Crippen LogP contribution in [0.1, 0.15) is 11.7 Å². The number of aliphatic hydroxyl groups is 2. The van der Waals surface area contributed by atoms with Crippen LogP contribution < -0.4 is 0 Å². The van der Waals surface area contributed by atoms with Crippen molar-refractivity contribution >= 4 is 33.2 Å². The lowest BCUT2D eigenvalue weighted by Crippen LogP contribution is -2.19. The van der Waals surface area contributed by atoms with Gasteiger partial charge in [-0.15, -0.1) is 0 Å². The van der Waals surface area contributed by atoms with E-state index in [0.29, 0.717) is 0 Å². The van der Waals surface area contributed by atoms with Gasteiger partial charge in [0.05, 0.1) is 16.0 Å². The molecule has 2 atom stereocenters. The summed E-state index contributed by atoms with van der Waals surface area (Å²) in [6.45, 7) is 0. The van der Waals surface area contributed by atoms with Gasteiger partial charge in [0.25, 0.3) is 5.69 Å². The van der Waals surface area contributed by atoms with E-state index in [1.165, 1.54) is 12.1 Å². The van der Waals surface area contributed by atoms with Crippen LogP contribution in [0.2, 0.25) is 5.02 Å². The van der Waals surface area contributed by atoms with Crippen molar-refractivity contribution in [3.8, 4) is 0 Å². The molecule has 0 fully saturated rings. The first-order chi connectivity index (χ1) is 7.47. The third kappa shape index (κ3) is 2.91. The molecule has 16 heavy (non-hydrogen) atoms. The summed E-state index contributed by atoms with van der Waals surface area (Å²) in [5.74, 6) is 0. The van der Waals surface area contributed by atoms with E-state index >= 15 is 0 Å². The van der Waals surface area contributed by atoms with E-state index in [2.05, 4.69) is 15.9 Å². The second-order valence-corrected chi connectivity index (χ2v) is 4.18. The first-order valence-electron chi connectivity index (χ1n) is 4.33. The molecular weight excluding hydrogens is 301 g/mol. The zero-order valence-electron chi connectivity index (χ0n) is 8.01. The number of nitrogens with zero attached hydrogens (tertiary/aromatic N) is 1. The molecule has 88 valence electrons. The van der Waals surface area contributed by atoms with Gasteiger partial charge in [-0.25, -0.2) is 0 Å². The molecule has 0 amide bonds. The molecule has 0 heterocycles. The fourth-order valence-corrected chi connectivity index (χ4v) is 1.80. The molecule has 5 nitrogen and oxygen atoms in total. The Labute approximate surface area is 105 Å². The zero-order chi connectivity index (χ0) is 12.3. The molecule has 2 unspecified atom stereocenters. The molecule has 0 bridgehead atoms. The SMILES string of the molecule is O=[N+]([O-])c1ccc(C(O)C(O)CBr)c(Cl)c1. The van der Waals surface area contributed by atoms with Crippen LogP contribution in [-0.4, -0.2) is 26.6 Å². The number of hydrogen-bond acceptors (Lipinski definition) is 4. The Morgan fingerprint density at radius 2 is 2.12 bits per heavy atom. The van der Waals surface area contributed by atoms with Crippen molar-refractivity contribution in [3.63, 3.8) is 0 Å². The standard InChI is InChI=1S/C9H9BrClNO4/c10-4-8(13)9(14)6-2-1-5(12(15)16)3-7(6)11/h1-3,8-9,13-14H,4H2. The van der Waals surface area contributed by atoms with Gasteiger partial charge in [0.15, 0.2) is 0 Å². The van der Waals surface area contributed by atoms with Crippen LogP contribution in [0, 0.1) is 10.1 Å². The summed E-state index contributed by atoms with van der Waals surface area (Å²) in [6, 6.07) is 3.70. The minimum atomic E-state index is -1.17. The summed E-state index contributed by atoms with van der Waals surface area (Å²) in [4.78, 5) is 9.87. The number of non-ortho nitro benzene ring substituents is 1. The van der Waals surface area contributed by atoms with E-state index in [9.17, 15) is 20.3 Å². The van der Waals surface area contributed by atoms with Crippen LogP contribution in [0.25, 0.3) is 0 Å². The van der Waals surface area contributed by atoms with E-state index < -0.39 is 17.1 Å². The van der Waals surface area contributed by atoms with Crippen molar-refractivity contribution in [2.45, 2.75) is 12.2 Å². The van der Waals surface area contributed by atoms with Crippen molar-refractivity contribution < 1.29 is 15.1 Å². The molecule has 0 saturated carbocycles. The molecule has 7 heteroatoms. The number of rotatable bonds is 4. The molecule has 0 aliphatic heterocycles. The van der Waals surface area contributed by atoms with Gasteiger partial charge in [0, 0.05) is 23.0 Å². The highest BCUT2D eigenvalue weighted by atomic mass is 79.9. The van der Waals surface area contributed by atoms with Crippen LogP contribution in [0.4, 0.5) is 5.69 Å². The molecule has 0 aromatic heterocycles. The summed E-state index contributed by atoms with van der Waals surface area (Å²) in [6.07, 6.45) is -2.19. The summed E-state index contributed by atoms with van der Waals surface area (Å²) in [7, 11) is 0. The highest BCUT2D eigenvalue weighted by Gasteiger charge is 2.21. The van der Waals surface area contributed by atoms with Crippen molar-refractivity contribution in [3.05, 3.63) is 38.9 Å². The van der Waals surface area contributed by atoms with Gasteiger partial charge >= 0.3 is 0 Å². The number of alkyl halides is 1. The fourth-order valence-electron chi connectivity index (χ4n) is 1.16. The Hall–Kier alpha value is -0.690. The first kappa shape index (κ1) is 13.4. The first-order valence-corrected chi connectivity index (χ1v) is 5.83. The van der Waals surface area contributed by atoms with E-state index in [1.807, 2.05) is 0 Å². The van der Waals surface area contributed by atoms with Gasteiger partial charge in [-0.2, -0.15) is 0 Å². The Morgan fingerprint density at radius 3 is 2.56 bits per heavy atom. The maximum Gasteiger partial charge on any atom is 0.270 e. The van der Waals surface area contributed by atoms with Crippen LogP contribution in [0.15, 0.2) is 18.2 Å². The van der Waals surface area contributed by atoms with Gasteiger partial charge in [0.2, 0.25) is 0 Å². The predicted octanol–water partition coefficient (Wildman–Crippen LogP) is 2.04. The van der Waals surface area contributed by atoms with Crippen LogP contribution in [-0.2, 0) is 0 Å². The fraction of sp³-hybridized carbons (Fsp3) is 0.333. The van der Waals surface area contributed by atoms with Gasteiger partial charge < -0.3 is 10.2 Å². The van der Waals surface area contributed by atoms with Gasteiger partial charge in [-0.3, -0.25) is 10.1 Å². The minimum Gasteiger partial charge on any atom is -0.389 e. The number of halogens is 2. The van der Waals surface area contributed by atoms with Gasteiger partial charge in [0.1, 0.15) is 6.10 Å². The Kier molecular flexibility index (Phi) is 4.67. The van der Waals surface area contributed by atoms with Crippen LogP contribution >= 0.6 is 27.5 Å². The Bertz CT molecular complexity index is 401. The van der Waals surface area contributed by atoms with E-state index in [0.717, 1.165) is 6.07 Å². The molecule has 1 aromatic carbocycles. The number of nitro benzene ring substituents is 1. The van der Waals surface area contributed by atoms with Crippen molar-refractivity contribution in [2.24, 2.45) is 0 Å². The largest absolute Gasteiger partial charge is 0.389 e. The molecule has 2 N–H and O–H groups in total. The van der Waals surface area contributed by atoms with Crippen molar-refractivity contribution in [1.29, 1.82) is 0 Å². The monoisotopic (exact) mass is 309 g/mol. The molecule has 1 aromatic rings. The molecular formula is C9H9BrClNO4. The average molecular weight is 311 g/mol. The maximum atomic E-state index is 10.5. The second-order valence-electron chi connectivity index (χ2n) is 3.13. The topological polar surface area (TPSA) is 83.6 Å². The van der Waals surface area contributed by atoms with Gasteiger partial charge in [-0.1, -0.05) is 27.5 Å². The Balaban J connectivity index is 3.03. The third-order valence-electron chi connectivity index (χ3n) is 2.04. The number of hydrogen-bond donors (Lipinski definition) is 2. The quantitative estimate of drug-likeness (QED) is 0.506. The van der Waals surface area contributed by atoms with E-state index in [-0.39, 0.29) is 21.6 Å². The number of benzene rings is 1. The van der Waals surface area contributed by atoms with Crippen molar-refractivity contribution in [2.75, 3.05) is 5.33 Å². The normalized spacial score (nSPS) is 14.5. The van der Waals surface area contributed by atoms with E-state index in [1.54, 1.807) is 0 Å². The average Bonchev–Trinajstić information content (AvgIpc) is 2.26.